The highest BCUT2D eigenvalue weighted by Crippen LogP contribution is 2.21. The van der Waals surface area contributed by atoms with Crippen LogP contribution >= 0.6 is 0 Å². The summed E-state index contributed by atoms with van der Waals surface area (Å²) in [5.41, 5.74) is 3.76. The van der Waals surface area contributed by atoms with Crippen molar-refractivity contribution in [2.75, 3.05) is 26.0 Å². The van der Waals surface area contributed by atoms with Crippen molar-refractivity contribution in [1.29, 1.82) is 0 Å². The van der Waals surface area contributed by atoms with E-state index in [0.29, 0.717) is 17.7 Å². The van der Waals surface area contributed by atoms with Gasteiger partial charge in [0.2, 0.25) is 10.0 Å². The van der Waals surface area contributed by atoms with Crippen molar-refractivity contribution in [3.05, 3.63) is 58.7 Å². The van der Waals surface area contributed by atoms with E-state index in [1.165, 1.54) is 13.1 Å². The monoisotopic (exact) mass is 375 g/mol. The van der Waals surface area contributed by atoms with Crippen LogP contribution in [-0.2, 0) is 16.6 Å². The first-order chi connectivity index (χ1) is 12.2. The Labute approximate surface area is 155 Å². The molecule has 1 amide bonds. The standard InChI is InChI=1S/C19H25N3O3S/c1-13-10-16(11-18(14(13)2)26(24,25)20-3)19(23)21-12-15-6-8-17(9-7-15)22(4)5/h6-11,20H,12H2,1-5H3,(H,21,23). The van der Waals surface area contributed by atoms with Gasteiger partial charge in [-0.3, -0.25) is 4.79 Å². The number of amides is 1. The normalized spacial score (nSPS) is 11.3. The molecule has 0 aliphatic carbocycles. The molecule has 26 heavy (non-hydrogen) atoms. The molecule has 7 heteroatoms. The third-order valence-corrected chi connectivity index (χ3v) is 5.89. The molecular weight excluding hydrogens is 350 g/mol. The van der Waals surface area contributed by atoms with Crippen LogP contribution in [0.5, 0.6) is 0 Å². The lowest BCUT2D eigenvalue weighted by Gasteiger charge is -2.14. The summed E-state index contributed by atoms with van der Waals surface area (Å²) in [4.78, 5) is 14.6. The fourth-order valence-electron chi connectivity index (χ4n) is 2.54. The molecule has 2 aromatic rings. The van der Waals surface area contributed by atoms with Crippen LogP contribution in [0, 0.1) is 13.8 Å². The largest absolute Gasteiger partial charge is 0.378 e. The van der Waals surface area contributed by atoms with E-state index in [4.69, 9.17) is 0 Å². The number of nitrogens with one attached hydrogen (secondary N) is 2. The molecule has 0 heterocycles. The predicted molar refractivity (Wildman–Crippen MR) is 104 cm³/mol. The molecule has 2 rings (SSSR count). The number of carbonyl (C=O) groups is 1. The molecule has 2 aromatic carbocycles. The average molecular weight is 375 g/mol. The number of hydrogen-bond acceptors (Lipinski definition) is 4. The molecular formula is C19H25N3O3S. The van der Waals surface area contributed by atoms with Crippen molar-refractivity contribution in [1.82, 2.24) is 10.0 Å². The van der Waals surface area contributed by atoms with Crippen molar-refractivity contribution in [2.45, 2.75) is 25.3 Å². The van der Waals surface area contributed by atoms with Crippen molar-refractivity contribution in [2.24, 2.45) is 0 Å². The number of carbonyl (C=O) groups excluding carboxylic acids is 1. The molecule has 2 N–H and O–H groups in total. The summed E-state index contributed by atoms with van der Waals surface area (Å²) in [5.74, 6) is -0.308. The van der Waals surface area contributed by atoms with Crippen LogP contribution in [-0.4, -0.2) is 35.5 Å². The van der Waals surface area contributed by atoms with Gasteiger partial charge in [-0.05, 0) is 61.9 Å². The third-order valence-electron chi connectivity index (χ3n) is 4.35. The first-order valence-electron chi connectivity index (χ1n) is 8.25. The lowest BCUT2D eigenvalue weighted by Crippen LogP contribution is -2.25. The fraction of sp³-hybridized carbons (Fsp3) is 0.316. The number of benzene rings is 2. The zero-order chi connectivity index (χ0) is 19.5. The zero-order valence-electron chi connectivity index (χ0n) is 15.8. The second-order valence-electron chi connectivity index (χ2n) is 6.37. The van der Waals surface area contributed by atoms with Gasteiger partial charge in [-0.25, -0.2) is 13.1 Å². The van der Waals surface area contributed by atoms with Gasteiger partial charge >= 0.3 is 0 Å². The third kappa shape index (κ3) is 4.42. The van der Waals surface area contributed by atoms with E-state index in [1.807, 2.05) is 43.3 Å². The number of hydrogen-bond donors (Lipinski definition) is 2. The summed E-state index contributed by atoms with van der Waals surface area (Å²) in [6.07, 6.45) is 0. The number of anilines is 1. The van der Waals surface area contributed by atoms with Gasteiger partial charge in [-0.2, -0.15) is 0 Å². The molecule has 0 saturated heterocycles. The van der Waals surface area contributed by atoms with Crippen LogP contribution in [0.15, 0.2) is 41.3 Å². The average Bonchev–Trinajstić information content (AvgIpc) is 2.61. The van der Waals surface area contributed by atoms with E-state index < -0.39 is 10.0 Å². The van der Waals surface area contributed by atoms with Crippen LogP contribution in [0.1, 0.15) is 27.0 Å². The highest BCUT2D eigenvalue weighted by Gasteiger charge is 2.19. The smallest absolute Gasteiger partial charge is 0.251 e. The summed E-state index contributed by atoms with van der Waals surface area (Å²) in [6, 6.07) is 11.0. The molecule has 0 aromatic heterocycles. The fourth-order valence-corrected chi connectivity index (χ4v) is 3.61. The maximum Gasteiger partial charge on any atom is 0.251 e. The van der Waals surface area contributed by atoms with Crippen molar-refractivity contribution in [3.8, 4) is 0 Å². The summed E-state index contributed by atoms with van der Waals surface area (Å²) in [7, 11) is 1.66. The van der Waals surface area contributed by atoms with E-state index in [9.17, 15) is 13.2 Å². The Kier molecular flexibility index (Phi) is 6.05. The van der Waals surface area contributed by atoms with Crippen molar-refractivity contribution in [3.63, 3.8) is 0 Å². The summed E-state index contributed by atoms with van der Waals surface area (Å²) < 4.78 is 26.6. The maximum absolute atomic E-state index is 12.5. The van der Waals surface area contributed by atoms with E-state index in [0.717, 1.165) is 16.8 Å². The van der Waals surface area contributed by atoms with Crippen LogP contribution in [0.2, 0.25) is 0 Å². The molecule has 0 atom stereocenters. The Hall–Kier alpha value is -2.38. The lowest BCUT2D eigenvalue weighted by atomic mass is 10.1. The second-order valence-corrected chi connectivity index (χ2v) is 8.22. The van der Waals surface area contributed by atoms with Gasteiger partial charge in [0.1, 0.15) is 0 Å². The number of aryl methyl sites for hydroxylation is 1. The molecule has 0 radical (unpaired) electrons. The maximum atomic E-state index is 12.5. The van der Waals surface area contributed by atoms with Gasteiger partial charge in [0, 0.05) is 31.9 Å². The van der Waals surface area contributed by atoms with Crippen LogP contribution in [0.25, 0.3) is 0 Å². The molecule has 0 saturated carbocycles. The Balaban J connectivity index is 2.19. The first kappa shape index (κ1) is 19.9. The Morgan fingerprint density at radius 1 is 1.08 bits per heavy atom. The minimum absolute atomic E-state index is 0.125. The number of rotatable bonds is 6. The Morgan fingerprint density at radius 2 is 1.69 bits per heavy atom. The molecule has 0 aliphatic heterocycles. The molecule has 0 unspecified atom stereocenters. The van der Waals surface area contributed by atoms with Crippen molar-refractivity contribution >= 4 is 21.6 Å². The van der Waals surface area contributed by atoms with E-state index in [2.05, 4.69) is 10.0 Å². The van der Waals surface area contributed by atoms with Gasteiger partial charge in [0.25, 0.3) is 5.91 Å². The number of sulfonamides is 1. The van der Waals surface area contributed by atoms with Gasteiger partial charge < -0.3 is 10.2 Å². The van der Waals surface area contributed by atoms with Crippen LogP contribution in [0.4, 0.5) is 5.69 Å². The van der Waals surface area contributed by atoms with Crippen molar-refractivity contribution < 1.29 is 13.2 Å². The van der Waals surface area contributed by atoms with E-state index in [1.54, 1.807) is 19.9 Å². The summed E-state index contributed by atoms with van der Waals surface area (Å²) in [5, 5.41) is 2.84. The zero-order valence-corrected chi connectivity index (χ0v) is 16.6. The first-order valence-corrected chi connectivity index (χ1v) is 9.73. The molecule has 0 aliphatic rings. The quantitative estimate of drug-likeness (QED) is 0.811. The Bertz CT molecular complexity index is 904. The van der Waals surface area contributed by atoms with Crippen LogP contribution in [0.3, 0.4) is 0 Å². The summed E-state index contributed by atoms with van der Waals surface area (Å²) in [6.45, 7) is 3.89. The SMILES string of the molecule is CNS(=O)(=O)c1cc(C(=O)NCc2ccc(N(C)C)cc2)cc(C)c1C. The Morgan fingerprint density at radius 3 is 2.23 bits per heavy atom. The second kappa shape index (κ2) is 7.88. The lowest BCUT2D eigenvalue weighted by molar-refractivity contribution is 0.0950. The van der Waals surface area contributed by atoms with Gasteiger partial charge in [-0.1, -0.05) is 12.1 Å². The molecule has 0 spiro atoms. The van der Waals surface area contributed by atoms with E-state index in [-0.39, 0.29) is 10.8 Å². The molecule has 0 bridgehead atoms. The minimum atomic E-state index is -3.62. The highest BCUT2D eigenvalue weighted by molar-refractivity contribution is 7.89. The molecule has 140 valence electrons. The summed E-state index contributed by atoms with van der Waals surface area (Å²) >= 11 is 0. The molecule has 6 nitrogen and oxygen atoms in total. The van der Waals surface area contributed by atoms with Crippen LogP contribution < -0.4 is 14.9 Å². The van der Waals surface area contributed by atoms with E-state index >= 15 is 0 Å². The predicted octanol–water partition coefficient (Wildman–Crippen LogP) is 2.21. The van der Waals surface area contributed by atoms with Gasteiger partial charge in [-0.15, -0.1) is 0 Å². The molecule has 0 fully saturated rings. The topological polar surface area (TPSA) is 78.5 Å². The minimum Gasteiger partial charge on any atom is -0.378 e. The van der Waals surface area contributed by atoms with Gasteiger partial charge in [0.15, 0.2) is 0 Å². The highest BCUT2D eigenvalue weighted by atomic mass is 32.2. The number of nitrogens with zero attached hydrogens (tertiary/aromatic N) is 1. The van der Waals surface area contributed by atoms with Gasteiger partial charge in [0.05, 0.1) is 4.90 Å².